The Morgan fingerprint density at radius 3 is 2.36 bits per heavy atom. The SMILES string of the molecule is CCCC(=O)c1nc(N)c2ncn([C@@H]3O[C@H](COP(=O)(O)OP(=O)(O)OCC(C)(C)[C@@H](O)C(=O)NCCC(=O)NCCS)[C@@H](OP(=O)(O)O)[C@H]3O)c2n1. The minimum atomic E-state index is -5.60. The highest BCUT2D eigenvalue weighted by atomic mass is 32.1. The largest absolute Gasteiger partial charge is 0.481 e. The summed E-state index contributed by atoms with van der Waals surface area (Å²) in [5.74, 6) is -1.90. The van der Waals surface area contributed by atoms with E-state index in [1.807, 2.05) is 0 Å². The first-order chi connectivity index (χ1) is 24.5. The second-order valence-electron chi connectivity index (χ2n) is 12.1. The molecule has 2 aromatic rings. The van der Waals surface area contributed by atoms with E-state index in [4.69, 9.17) is 19.5 Å². The fraction of sp³-hybridized carbons (Fsp3) is 0.680. The van der Waals surface area contributed by atoms with Crippen LogP contribution in [0.4, 0.5) is 5.82 Å². The van der Waals surface area contributed by atoms with Crippen LogP contribution in [-0.4, -0.2) is 123 Å². The smallest absolute Gasteiger partial charge is 0.386 e. The number of Topliss-reactive ketones (excluding diaryl/α,β-unsaturated/α-hetero) is 1. The van der Waals surface area contributed by atoms with Gasteiger partial charge in [-0.1, -0.05) is 20.8 Å². The number of amides is 2. The number of rotatable bonds is 21. The molecule has 2 amide bonds. The van der Waals surface area contributed by atoms with Crippen LogP contribution in [0.15, 0.2) is 6.33 Å². The molecule has 53 heavy (non-hydrogen) atoms. The molecule has 7 atom stereocenters. The van der Waals surface area contributed by atoms with Crippen molar-refractivity contribution >= 4 is 70.7 Å². The minimum Gasteiger partial charge on any atom is -0.386 e. The molecular weight excluding hydrogens is 795 g/mol. The van der Waals surface area contributed by atoms with Gasteiger partial charge < -0.3 is 50.9 Å². The maximum Gasteiger partial charge on any atom is 0.481 e. The zero-order chi connectivity index (χ0) is 39.9. The number of aliphatic hydroxyl groups excluding tert-OH is 2. The zero-order valence-electron chi connectivity index (χ0n) is 28.5. The number of carbonyl (C=O) groups excluding carboxylic acids is 3. The molecule has 0 spiro atoms. The van der Waals surface area contributed by atoms with Crippen molar-refractivity contribution in [3.05, 3.63) is 12.2 Å². The lowest BCUT2D eigenvalue weighted by Crippen LogP contribution is -2.46. The van der Waals surface area contributed by atoms with E-state index in [1.54, 1.807) is 6.92 Å². The summed E-state index contributed by atoms with van der Waals surface area (Å²) in [5.41, 5.74) is 4.16. The number of aliphatic hydroxyl groups is 2. The van der Waals surface area contributed by atoms with Crippen LogP contribution in [-0.2, 0) is 45.9 Å². The number of hydrogen-bond acceptors (Lipinski definition) is 18. The third-order valence-corrected chi connectivity index (χ3v) is 10.6. The monoisotopic (exact) mass is 837 g/mol. The van der Waals surface area contributed by atoms with Crippen LogP contribution in [0, 0.1) is 5.41 Å². The van der Waals surface area contributed by atoms with Gasteiger partial charge in [-0.2, -0.15) is 16.9 Å². The van der Waals surface area contributed by atoms with Crippen molar-refractivity contribution < 1.29 is 80.5 Å². The van der Waals surface area contributed by atoms with Gasteiger partial charge in [-0.25, -0.2) is 28.6 Å². The molecule has 10 N–H and O–H groups in total. The molecule has 300 valence electrons. The molecule has 0 radical (unpaired) electrons. The molecule has 24 nitrogen and oxygen atoms in total. The Bertz CT molecular complexity index is 1780. The molecule has 0 bridgehead atoms. The Morgan fingerprint density at radius 2 is 1.74 bits per heavy atom. The summed E-state index contributed by atoms with van der Waals surface area (Å²) in [5, 5.41) is 26.3. The van der Waals surface area contributed by atoms with E-state index in [1.165, 1.54) is 13.8 Å². The molecule has 2 unspecified atom stereocenters. The van der Waals surface area contributed by atoms with Crippen LogP contribution in [0.2, 0.25) is 0 Å². The number of aromatic nitrogens is 4. The lowest BCUT2D eigenvalue weighted by atomic mass is 9.87. The van der Waals surface area contributed by atoms with Crippen LogP contribution in [0.1, 0.15) is 56.9 Å². The van der Waals surface area contributed by atoms with Crippen LogP contribution in [0.5, 0.6) is 0 Å². The van der Waals surface area contributed by atoms with Crippen molar-refractivity contribution in [1.82, 2.24) is 30.2 Å². The number of nitrogens with one attached hydrogen (secondary N) is 2. The van der Waals surface area contributed by atoms with Crippen LogP contribution in [0.3, 0.4) is 0 Å². The van der Waals surface area contributed by atoms with E-state index in [2.05, 4.69) is 47.0 Å². The van der Waals surface area contributed by atoms with Crippen LogP contribution >= 0.6 is 36.1 Å². The van der Waals surface area contributed by atoms with Gasteiger partial charge in [-0.15, -0.1) is 0 Å². The van der Waals surface area contributed by atoms with Gasteiger partial charge in [0.15, 0.2) is 29.3 Å². The van der Waals surface area contributed by atoms with Gasteiger partial charge in [0.2, 0.25) is 11.8 Å². The zero-order valence-corrected chi connectivity index (χ0v) is 32.0. The third kappa shape index (κ3) is 12.8. The second-order valence-corrected chi connectivity index (χ2v) is 16.8. The fourth-order valence-corrected chi connectivity index (χ4v) is 7.61. The second kappa shape index (κ2) is 18.5. The average Bonchev–Trinajstić information content (AvgIpc) is 3.61. The number of anilines is 1. The molecule has 1 fully saturated rings. The molecule has 2 aromatic heterocycles. The molecule has 0 aliphatic carbocycles. The van der Waals surface area contributed by atoms with Gasteiger partial charge in [-0.05, 0) is 6.42 Å². The summed E-state index contributed by atoms with van der Waals surface area (Å²) >= 11 is 3.95. The van der Waals surface area contributed by atoms with Crippen molar-refractivity contribution in [2.75, 3.05) is 37.8 Å². The first-order valence-corrected chi connectivity index (χ1v) is 20.8. The molecule has 3 heterocycles. The van der Waals surface area contributed by atoms with Crippen LogP contribution in [0.25, 0.3) is 11.2 Å². The number of phosphoric ester groups is 3. The van der Waals surface area contributed by atoms with E-state index in [-0.39, 0.29) is 48.1 Å². The highest BCUT2D eigenvalue weighted by Crippen LogP contribution is 2.61. The maximum absolute atomic E-state index is 12.7. The number of carbonyl (C=O) groups is 3. The summed E-state index contributed by atoms with van der Waals surface area (Å²) in [7, 11) is -16.5. The van der Waals surface area contributed by atoms with E-state index >= 15 is 0 Å². The Morgan fingerprint density at radius 1 is 1.08 bits per heavy atom. The predicted octanol–water partition coefficient (Wildman–Crippen LogP) is -0.682. The number of fused-ring (bicyclic) bond motifs is 1. The molecule has 0 aromatic carbocycles. The summed E-state index contributed by atoms with van der Waals surface area (Å²) < 4.78 is 62.2. The molecule has 3 rings (SSSR count). The first-order valence-electron chi connectivity index (χ1n) is 15.6. The van der Waals surface area contributed by atoms with Crippen molar-refractivity contribution in [2.45, 2.75) is 70.7 Å². The number of nitrogens with two attached hydrogens (primary N) is 1. The number of imidazole rings is 1. The van der Waals surface area contributed by atoms with E-state index in [9.17, 15) is 57.9 Å². The number of hydrogen-bond donors (Lipinski definition) is 10. The summed E-state index contributed by atoms with van der Waals surface area (Å²) in [6, 6.07) is 0. The first kappa shape index (κ1) is 45.0. The number of phosphoric acid groups is 3. The van der Waals surface area contributed by atoms with E-state index < -0.39 is 84.4 Å². The Balaban J connectivity index is 1.68. The highest BCUT2D eigenvalue weighted by molar-refractivity contribution is 7.80. The Labute approximate surface area is 307 Å². The number of ether oxygens (including phenoxy) is 1. The summed E-state index contributed by atoms with van der Waals surface area (Å²) in [6.07, 6.45) is -7.75. The number of thiol groups is 1. The lowest BCUT2D eigenvalue weighted by Gasteiger charge is -2.30. The Hall–Kier alpha value is -2.44. The lowest BCUT2D eigenvalue weighted by molar-refractivity contribution is -0.137. The summed E-state index contributed by atoms with van der Waals surface area (Å²) in [6.45, 7) is 2.35. The Kier molecular flexibility index (Phi) is 15.7. The van der Waals surface area contributed by atoms with Crippen LogP contribution < -0.4 is 16.4 Å². The van der Waals surface area contributed by atoms with Gasteiger partial charge >= 0.3 is 23.5 Å². The molecular formula is C25H42N7O17P3S. The minimum absolute atomic E-state index is 0.0335. The molecule has 1 aliphatic heterocycles. The van der Waals surface area contributed by atoms with E-state index in [0.29, 0.717) is 18.7 Å². The third-order valence-electron chi connectivity index (χ3n) is 7.30. The van der Waals surface area contributed by atoms with Crippen molar-refractivity contribution in [3.63, 3.8) is 0 Å². The molecule has 28 heteroatoms. The molecule has 0 saturated carbocycles. The van der Waals surface area contributed by atoms with Crippen molar-refractivity contribution in [3.8, 4) is 0 Å². The highest BCUT2D eigenvalue weighted by Gasteiger charge is 2.50. The van der Waals surface area contributed by atoms with Gasteiger partial charge in [0.05, 0.1) is 19.5 Å². The predicted molar refractivity (Wildman–Crippen MR) is 183 cm³/mol. The van der Waals surface area contributed by atoms with Crippen molar-refractivity contribution in [1.29, 1.82) is 0 Å². The average molecular weight is 838 g/mol. The van der Waals surface area contributed by atoms with Gasteiger partial charge in [-0.3, -0.25) is 32.5 Å². The molecule has 1 saturated heterocycles. The van der Waals surface area contributed by atoms with Gasteiger partial charge in [0.1, 0.15) is 29.9 Å². The van der Waals surface area contributed by atoms with E-state index in [0.717, 1.165) is 10.9 Å². The molecule has 1 aliphatic rings. The van der Waals surface area contributed by atoms with Crippen molar-refractivity contribution in [2.24, 2.45) is 5.41 Å². The fourth-order valence-electron chi connectivity index (χ4n) is 4.67. The normalized spacial score (nSPS) is 22.2. The number of nitrogen functional groups attached to an aromatic ring is 1. The topological polar surface area (TPSA) is 364 Å². The summed E-state index contributed by atoms with van der Waals surface area (Å²) in [4.78, 5) is 87.9. The maximum atomic E-state index is 12.7. The quantitative estimate of drug-likeness (QED) is 0.0423. The number of ketones is 1. The van der Waals surface area contributed by atoms with Gasteiger partial charge in [0, 0.05) is 37.1 Å². The standard InChI is InChI=1S/C25H42N7O17P3S/c1-4-5-13(33)21-30-20(26)16-22(31-21)32(12-29-16)24-17(35)18(48-50(38,39)40)14(47-24)10-45-51(41,42)49-52(43,44)46-11-25(2,3)19(36)23(37)28-7-6-15(34)27-8-9-53/h12,14,17-19,24,35-36,53H,4-11H2,1-3H3,(H,27,34)(H,28,37)(H,41,42)(H,43,44)(H2,26,30,31)(H2,38,39,40)/t14-,17-,18-,19+,24-/m1/s1. The van der Waals surface area contributed by atoms with Gasteiger partial charge in [0.25, 0.3) is 0 Å². The number of nitrogens with zero attached hydrogens (tertiary/aromatic N) is 4.